The van der Waals surface area contributed by atoms with E-state index in [0.29, 0.717) is 13.0 Å². The Bertz CT molecular complexity index is 374. The third-order valence-corrected chi connectivity index (χ3v) is 3.10. The highest BCUT2D eigenvalue weighted by atomic mass is 19.3. The van der Waals surface area contributed by atoms with Crippen LogP contribution >= 0.6 is 0 Å². The van der Waals surface area contributed by atoms with Crippen molar-refractivity contribution in [3.8, 4) is 0 Å². The van der Waals surface area contributed by atoms with E-state index in [1.165, 1.54) is 0 Å². The smallest absolute Gasteiger partial charge is 0.261 e. The van der Waals surface area contributed by atoms with E-state index in [9.17, 15) is 8.78 Å². The van der Waals surface area contributed by atoms with Crippen molar-refractivity contribution < 1.29 is 13.5 Å². The summed E-state index contributed by atoms with van der Waals surface area (Å²) in [5, 5.41) is 7.62. The average Bonchev–Trinajstić information content (AvgIpc) is 2.88. The molecular weight excluding hydrogens is 278 g/mol. The highest BCUT2D eigenvalue weighted by molar-refractivity contribution is 4.90. The van der Waals surface area contributed by atoms with E-state index in [0.717, 1.165) is 38.2 Å². The molecule has 1 unspecified atom stereocenters. The number of hydrogen-bond donors (Lipinski definition) is 1. The summed E-state index contributed by atoms with van der Waals surface area (Å²) in [4.78, 5) is 4.29. The summed E-state index contributed by atoms with van der Waals surface area (Å²) >= 11 is 0. The monoisotopic (exact) mass is 304 g/mol. The van der Waals surface area contributed by atoms with Gasteiger partial charge in [-0.1, -0.05) is 13.8 Å². The molecule has 0 fully saturated rings. The molecule has 1 rings (SSSR count). The van der Waals surface area contributed by atoms with Crippen molar-refractivity contribution in [1.82, 2.24) is 20.1 Å². The molecule has 1 atom stereocenters. The molecule has 0 aliphatic rings. The number of ether oxygens (including phenoxy) is 1. The number of aromatic nitrogens is 3. The molecule has 7 heteroatoms. The lowest BCUT2D eigenvalue weighted by Gasteiger charge is -2.18. The number of hydrogen-bond acceptors (Lipinski definition) is 4. The maximum Gasteiger partial charge on any atom is 0.261 e. The fourth-order valence-electron chi connectivity index (χ4n) is 2.09. The van der Waals surface area contributed by atoms with Gasteiger partial charge in [-0.15, -0.1) is 0 Å². The summed E-state index contributed by atoms with van der Waals surface area (Å²) < 4.78 is 31.0. The molecule has 5 nitrogen and oxygen atoms in total. The molecule has 1 N–H and O–H groups in total. The minimum absolute atomic E-state index is 0.169. The van der Waals surface area contributed by atoms with Crippen molar-refractivity contribution in [1.29, 1.82) is 0 Å². The number of rotatable bonds is 12. The maximum absolute atomic E-state index is 12.0. The van der Waals surface area contributed by atoms with Crippen LogP contribution in [0.5, 0.6) is 0 Å². The topological polar surface area (TPSA) is 52.0 Å². The summed E-state index contributed by atoms with van der Waals surface area (Å²) in [5.74, 6) is 0.930. The van der Waals surface area contributed by atoms with Crippen LogP contribution in [0.1, 0.15) is 38.9 Å². The quantitative estimate of drug-likeness (QED) is 0.602. The molecule has 0 saturated carbocycles. The normalized spacial score (nSPS) is 13.0. The van der Waals surface area contributed by atoms with Crippen LogP contribution in [0, 0.1) is 0 Å². The van der Waals surface area contributed by atoms with Gasteiger partial charge in [0.1, 0.15) is 18.8 Å². The number of aryl methyl sites for hydroxylation is 1. The zero-order valence-electron chi connectivity index (χ0n) is 12.9. The summed E-state index contributed by atoms with van der Waals surface area (Å²) in [6.45, 7) is 5.76. The predicted octanol–water partition coefficient (Wildman–Crippen LogP) is 2.27. The van der Waals surface area contributed by atoms with Crippen LogP contribution in [-0.2, 0) is 17.7 Å². The van der Waals surface area contributed by atoms with Gasteiger partial charge in [0.05, 0.1) is 0 Å². The van der Waals surface area contributed by atoms with Gasteiger partial charge in [0.2, 0.25) is 0 Å². The zero-order chi connectivity index (χ0) is 15.5. The van der Waals surface area contributed by atoms with Crippen LogP contribution in [0.25, 0.3) is 0 Å². The molecule has 0 spiro atoms. The highest BCUT2D eigenvalue weighted by Gasteiger charge is 2.13. The Morgan fingerprint density at radius 2 is 2.14 bits per heavy atom. The summed E-state index contributed by atoms with van der Waals surface area (Å²) in [6, 6.07) is 0.169. The fraction of sp³-hybridized carbons (Fsp3) is 0.857. The number of nitrogens with zero attached hydrogens (tertiary/aromatic N) is 3. The lowest BCUT2D eigenvalue weighted by atomic mass is 10.1. The Morgan fingerprint density at radius 3 is 2.81 bits per heavy atom. The van der Waals surface area contributed by atoms with Gasteiger partial charge in [-0.25, -0.2) is 13.8 Å². The predicted molar refractivity (Wildman–Crippen MR) is 77.5 cm³/mol. The second kappa shape index (κ2) is 10.6. The van der Waals surface area contributed by atoms with E-state index in [4.69, 9.17) is 4.74 Å². The Morgan fingerprint density at radius 1 is 1.33 bits per heavy atom. The zero-order valence-corrected chi connectivity index (χ0v) is 12.9. The van der Waals surface area contributed by atoms with Gasteiger partial charge in [0.25, 0.3) is 6.43 Å². The van der Waals surface area contributed by atoms with Gasteiger partial charge in [-0.3, -0.25) is 4.68 Å². The van der Waals surface area contributed by atoms with Crippen LogP contribution in [0.4, 0.5) is 8.78 Å². The van der Waals surface area contributed by atoms with Crippen molar-refractivity contribution in [2.24, 2.45) is 0 Å². The SMILES string of the molecule is CCCNC(CCOCC(F)F)Cc1ncnn1CCC. The molecule has 0 aromatic carbocycles. The van der Waals surface area contributed by atoms with Gasteiger partial charge < -0.3 is 10.1 Å². The highest BCUT2D eigenvalue weighted by Crippen LogP contribution is 2.05. The van der Waals surface area contributed by atoms with E-state index >= 15 is 0 Å². The third-order valence-electron chi connectivity index (χ3n) is 3.10. The molecular formula is C14H26F2N4O. The van der Waals surface area contributed by atoms with Crippen LogP contribution < -0.4 is 5.32 Å². The molecule has 0 amide bonds. The number of nitrogens with one attached hydrogen (secondary N) is 1. The molecule has 0 aliphatic carbocycles. The number of alkyl halides is 2. The van der Waals surface area contributed by atoms with E-state index in [1.807, 2.05) is 4.68 Å². The van der Waals surface area contributed by atoms with Crippen molar-refractivity contribution >= 4 is 0 Å². The minimum atomic E-state index is -2.40. The summed E-state index contributed by atoms with van der Waals surface area (Å²) in [6.07, 6.45) is 2.61. The molecule has 1 aromatic heterocycles. The Hall–Kier alpha value is -1.08. The first-order valence-corrected chi connectivity index (χ1v) is 7.63. The summed E-state index contributed by atoms with van der Waals surface area (Å²) in [7, 11) is 0. The van der Waals surface area contributed by atoms with E-state index in [1.54, 1.807) is 6.33 Å². The van der Waals surface area contributed by atoms with Gasteiger partial charge in [0.15, 0.2) is 0 Å². The first-order chi connectivity index (χ1) is 10.2. The maximum atomic E-state index is 12.0. The van der Waals surface area contributed by atoms with Gasteiger partial charge in [-0.2, -0.15) is 5.10 Å². The molecule has 122 valence electrons. The standard InChI is InChI=1S/C14H26F2N4O/c1-3-6-17-12(5-8-21-10-13(15)16)9-14-18-11-19-20(14)7-4-2/h11-13,17H,3-10H2,1-2H3. The van der Waals surface area contributed by atoms with Gasteiger partial charge in [-0.05, 0) is 25.8 Å². The van der Waals surface area contributed by atoms with E-state index in [-0.39, 0.29) is 6.04 Å². The first kappa shape index (κ1) is 18.0. The Kier molecular flexibility index (Phi) is 9.09. The van der Waals surface area contributed by atoms with Crippen LogP contribution in [0.2, 0.25) is 0 Å². The fourth-order valence-corrected chi connectivity index (χ4v) is 2.09. The lowest BCUT2D eigenvalue weighted by molar-refractivity contribution is 0.0143. The first-order valence-electron chi connectivity index (χ1n) is 7.63. The van der Waals surface area contributed by atoms with Crippen molar-refractivity contribution in [2.45, 2.75) is 58.5 Å². The van der Waals surface area contributed by atoms with Crippen molar-refractivity contribution in [2.75, 3.05) is 19.8 Å². The van der Waals surface area contributed by atoms with Crippen LogP contribution in [0.3, 0.4) is 0 Å². The van der Waals surface area contributed by atoms with E-state index in [2.05, 4.69) is 29.2 Å². The van der Waals surface area contributed by atoms with Crippen molar-refractivity contribution in [3.63, 3.8) is 0 Å². The van der Waals surface area contributed by atoms with Crippen molar-refractivity contribution in [3.05, 3.63) is 12.2 Å². The largest absolute Gasteiger partial charge is 0.375 e. The summed E-state index contributed by atoms with van der Waals surface area (Å²) in [5.41, 5.74) is 0. The van der Waals surface area contributed by atoms with E-state index < -0.39 is 13.0 Å². The second-order valence-electron chi connectivity index (χ2n) is 5.01. The number of halogens is 2. The average molecular weight is 304 g/mol. The Labute approximate surface area is 125 Å². The third kappa shape index (κ3) is 7.47. The molecule has 21 heavy (non-hydrogen) atoms. The second-order valence-corrected chi connectivity index (χ2v) is 5.01. The minimum Gasteiger partial charge on any atom is -0.375 e. The lowest BCUT2D eigenvalue weighted by Crippen LogP contribution is -2.34. The molecule has 0 saturated heterocycles. The molecule has 1 heterocycles. The molecule has 0 bridgehead atoms. The Balaban J connectivity index is 2.46. The van der Waals surface area contributed by atoms with Gasteiger partial charge >= 0.3 is 0 Å². The molecule has 0 radical (unpaired) electrons. The van der Waals surface area contributed by atoms with Crippen LogP contribution in [0.15, 0.2) is 6.33 Å². The molecule has 0 aliphatic heterocycles. The van der Waals surface area contributed by atoms with Crippen LogP contribution in [-0.4, -0.2) is 47.0 Å². The van der Waals surface area contributed by atoms with Gasteiger partial charge in [0, 0.05) is 25.6 Å². The molecule has 1 aromatic rings.